The summed E-state index contributed by atoms with van der Waals surface area (Å²) in [7, 11) is 0. The summed E-state index contributed by atoms with van der Waals surface area (Å²) < 4.78 is 5.54. The van der Waals surface area contributed by atoms with E-state index in [1.807, 2.05) is 0 Å². The highest BCUT2D eigenvalue weighted by molar-refractivity contribution is 6.28. The molecule has 1 aliphatic rings. The lowest BCUT2D eigenvalue weighted by molar-refractivity contribution is 0.134. The lowest BCUT2D eigenvalue weighted by atomic mass is 10.4. The zero-order valence-corrected chi connectivity index (χ0v) is 10.6. The van der Waals surface area contributed by atoms with Gasteiger partial charge in [0.05, 0.1) is 12.9 Å². The Hall–Kier alpha value is -1.40. The van der Waals surface area contributed by atoms with Crippen molar-refractivity contribution in [1.29, 1.82) is 0 Å². The highest BCUT2D eigenvalue weighted by Crippen LogP contribution is 2.28. The fourth-order valence-corrected chi connectivity index (χ4v) is 1.88. The molecular formula is C11H14ClN5O. The molecule has 0 unspecified atom stereocenters. The van der Waals surface area contributed by atoms with Crippen LogP contribution in [0.4, 0.5) is 5.82 Å². The van der Waals surface area contributed by atoms with Crippen molar-refractivity contribution in [2.45, 2.75) is 12.8 Å². The molecule has 0 saturated heterocycles. The number of imidazole rings is 1. The predicted octanol–water partition coefficient (Wildman–Crippen LogP) is 1.84. The summed E-state index contributed by atoms with van der Waals surface area (Å²) in [6, 6.07) is 0. The second-order valence-corrected chi connectivity index (χ2v) is 4.73. The van der Waals surface area contributed by atoms with E-state index in [-0.39, 0.29) is 5.28 Å². The number of ether oxygens (including phenoxy) is 1. The van der Waals surface area contributed by atoms with Gasteiger partial charge in [-0.05, 0) is 30.4 Å². The smallest absolute Gasteiger partial charge is 0.226 e. The number of H-pyrrole nitrogens is 1. The van der Waals surface area contributed by atoms with E-state index in [1.165, 1.54) is 12.8 Å². The number of anilines is 1. The molecule has 0 atom stereocenters. The molecule has 7 heteroatoms. The zero-order chi connectivity index (χ0) is 12.4. The van der Waals surface area contributed by atoms with Gasteiger partial charge in [-0.1, -0.05) is 0 Å². The maximum Gasteiger partial charge on any atom is 0.226 e. The molecule has 0 aliphatic heterocycles. The Bertz CT molecular complexity index is 539. The van der Waals surface area contributed by atoms with Crippen LogP contribution in [0.5, 0.6) is 0 Å². The molecule has 2 heterocycles. The Morgan fingerprint density at radius 3 is 3.17 bits per heavy atom. The summed E-state index contributed by atoms with van der Waals surface area (Å²) >= 11 is 5.82. The number of hydrogen-bond donors (Lipinski definition) is 2. The van der Waals surface area contributed by atoms with Crippen molar-refractivity contribution in [2.24, 2.45) is 5.92 Å². The Balaban J connectivity index is 1.57. The van der Waals surface area contributed by atoms with Crippen molar-refractivity contribution in [2.75, 3.05) is 25.1 Å². The van der Waals surface area contributed by atoms with Gasteiger partial charge in [-0.15, -0.1) is 0 Å². The topological polar surface area (TPSA) is 75.7 Å². The van der Waals surface area contributed by atoms with Gasteiger partial charge in [0.2, 0.25) is 5.28 Å². The maximum atomic E-state index is 5.82. The average Bonchev–Trinajstić information content (AvgIpc) is 3.05. The van der Waals surface area contributed by atoms with Gasteiger partial charge in [0.25, 0.3) is 0 Å². The molecular weight excluding hydrogens is 254 g/mol. The van der Waals surface area contributed by atoms with Crippen molar-refractivity contribution in [3.8, 4) is 0 Å². The van der Waals surface area contributed by atoms with Crippen molar-refractivity contribution in [3.63, 3.8) is 0 Å². The minimum atomic E-state index is 0.191. The summed E-state index contributed by atoms with van der Waals surface area (Å²) in [5, 5.41) is 3.37. The molecule has 18 heavy (non-hydrogen) atoms. The van der Waals surface area contributed by atoms with E-state index < -0.39 is 0 Å². The first kappa shape index (κ1) is 11.7. The second-order valence-electron chi connectivity index (χ2n) is 4.39. The summed E-state index contributed by atoms with van der Waals surface area (Å²) in [6.07, 6.45) is 4.19. The molecule has 2 aromatic heterocycles. The average molecular weight is 268 g/mol. The molecule has 96 valence electrons. The van der Waals surface area contributed by atoms with Crippen LogP contribution >= 0.6 is 11.6 Å². The van der Waals surface area contributed by atoms with Gasteiger partial charge in [-0.25, -0.2) is 4.98 Å². The number of hydrogen-bond acceptors (Lipinski definition) is 5. The first-order valence-corrected chi connectivity index (χ1v) is 6.39. The third-order valence-electron chi connectivity index (χ3n) is 2.85. The Labute approximate surface area is 109 Å². The van der Waals surface area contributed by atoms with Crippen LogP contribution in [-0.2, 0) is 4.74 Å². The number of rotatable bonds is 6. The fraction of sp³-hybridized carbons (Fsp3) is 0.545. The van der Waals surface area contributed by atoms with Crippen molar-refractivity contribution in [3.05, 3.63) is 11.6 Å². The monoisotopic (exact) mass is 267 g/mol. The van der Waals surface area contributed by atoms with Crippen LogP contribution in [0.2, 0.25) is 5.28 Å². The number of aromatic amines is 1. The van der Waals surface area contributed by atoms with E-state index in [4.69, 9.17) is 16.3 Å². The largest absolute Gasteiger partial charge is 0.379 e. The molecule has 2 aromatic rings. The second kappa shape index (κ2) is 5.07. The molecule has 0 radical (unpaired) electrons. The van der Waals surface area contributed by atoms with E-state index in [0.29, 0.717) is 24.6 Å². The van der Waals surface area contributed by atoms with E-state index in [1.54, 1.807) is 6.33 Å². The highest BCUT2D eigenvalue weighted by atomic mass is 35.5. The zero-order valence-electron chi connectivity index (χ0n) is 9.82. The quantitative estimate of drug-likeness (QED) is 0.617. The first-order valence-electron chi connectivity index (χ1n) is 6.01. The van der Waals surface area contributed by atoms with Crippen LogP contribution in [0.3, 0.4) is 0 Å². The third-order valence-corrected chi connectivity index (χ3v) is 3.02. The summed E-state index contributed by atoms with van der Waals surface area (Å²) in [5.41, 5.74) is 1.33. The normalized spacial score (nSPS) is 15.2. The molecule has 6 nitrogen and oxygen atoms in total. The maximum absolute atomic E-state index is 5.82. The molecule has 3 rings (SSSR count). The van der Waals surface area contributed by atoms with E-state index in [2.05, 4.69) is 25.3 Å². The molecule has 0 aromatic carbocycles. The van der Waals surface area contributed by atoms with Gasteiger partial charge in [0.1, 0.15) is 5.52 Å². The minimum absolute atomic E-state index is 0.191. The van der Waals surface area contributed by atoms with Crippen molar-refractivity contribution >= 4 is 28.6 Å². The van der Waals surface area contributed by atoms with Crippen LogP contribution in [0.25, 0.3) is 11.2 Å². The van der Waals surface area contributed by atoms with Gasteiger partial charge in [0.15, 0.2) is 11.5 Å². The van der Waals surface area contributed by atoms with Crippen LogP contribution in [0.15, 0.2) is 6.33 Å². The molecule has 1 fully saturated rings. The molecule has 0 bridgehead atoms. The number of nitrogens with one attached hydrogen (secondary N) is 2. The van der Waals surface area contributed by atoms with Gasteiger partial charge >= 0.3 is 0 Å². The summed E-state index contributed by atoms with van der Waals surface area (Å²) in [6.45, 7) is 2.22. The van der Waals surface area contributed by atoms with Crippen LogP contribution in [-0.4, -0.2) is 39.7 Å². The van der Waals surface area contributed by atoms with E-state index in [9.17, 15) is 0 Å². The molecule has 0 spiro atoms. The van der Waals surface area contributed by atoms with Gasteiger partial charge in [-0.2, -0.15) is 9.97 Å². The Kier molecular flexibility index (Phi) is 3.29. The molecule has 1 aliphatic carbocycles. The molecule has 2 N–H and O–H groups in total. The molecule has 1 saturated carbocycles. The number of fused-ring (bicyclic) bond motifs is 1. The number of aromatic nitrogens is 4. The van der Waals surface area contributed by atoms with Gasteiger partial charge in [0, 0.05) is 13.2 Å². The third kappa shape index (κ3) is 2.70. The highest BCUT2D eigenvalue weighted by Gasteiger charge is 2.20. The standard InChI is InChI=1S/C11H14ClN5O/c12-11-16-9(8-10(17-11)15-6-14-8)13-3-4-18-5-7-1-2-7/h6-7H,1-5H2,(H2,13,14,15,16,17). The number of halogens is 1. The molecule has 0 amide bonds. The summed E-state index contributed by atoms with van der Waals surface area (Å²) in [5.74, 6) is 1.45. The van der Waals surface area contributed by atoms with Gasteiger partial charge < -0.3 is 15.0 Å². The van der Waals surface area contributed by atoms with Crippen molar-refractivity contribution in [1.82, 2.24) is 19.9 Å². The lowest BCUT2D eigenvalue weighted by Crippen LogP contribution is -2.12. The number of nitrogens with zero attached hydrogens (tertiary/aromatic N) is 3. The van der Waals surface area contributed by atoms with Gasteiger partial charge in [-0.3, -0.25) is 0 Å². The van der Waals surface area contributed by atoms with Crippen LogP contribution in [0.1, 0.15) is 12.8 Å². The van der Waals surface area contributed by atoms with Crippen molar-refractivity contribution < 1.29 is 4.74 Å². The minimum Gasteiger partial charge on any atom is -0.379 e. The van der Waals surface area contributed by atoms with E-state index >= 15 is 0 Å². The fourth-order valence-electron chi connectivity index (χ4n) is 1.71. The Morgan fingerprint density at radius 2 is 2.33 bits per heavy atom. The predicted molar refractivity (Wildman–Crippen MR) is 68.7 cm³/mol. The van der Waals surface area contributed by atoms with Crippen LogP contribution < -0.4 is 5.32 Å². The van der Waals surface area contributed by atoms with Crippen LogP contribution in [0, 0.1) is 5.92 Å². The van der Waals surface area contributed by atoms with E-state index in [0.717, 1.165) is 18.0 Å². The lowest BCUT2D eigenvalue weighted by Gasteiger charge is -2.07. The summed E-state index contributed by atoms with van der Waals surface area (Å²) in [4.78, 5) is 15.2. The SMILES string of the molecule is Clc1nc(NCCOCC2CC2)c2[nH]cnc2n1. The first-order chi connectivity index (χ1) is 8.83. The Morgan fingerprint density at radius 1 is 1.44 bits per heavy atom.